The molecule has 15 heteroatoms. The van der Waals surface area contributed by atoms with Gasteiger partial charge in [-0.1, -0.05) is 53.5 Å². The molecule has 8 rings (SSSR count). The number of amides is 3. The van der Waals surface area contributed by atoms with Crippen molar-refractivity contribution in [3.05, 3.63) is 105 Å². The van der Waals surface area contributed by atoms with Gasteiger partial charge in [0, 0.05) is 87.3 Å². The number of hydrogen-bond acceptors (Lipinski definition) is 9. The van der Waals surface area contributed by atoms with Crippen molar-refractivity contribution in [3.63, 3.8) is 0 Å². The number of carbonyl (C=O) groups is 2. The molecule has 0 bridgehead atoms. The Bertz CT molecular complexity index is 2240. The van der Waals surface area contributed by atoms with E-state index in [9.17, 15) is 23.6 Å². The summed E-state index contributed by atoms with van der Waals surface area (Å²) in [5, 5.41) is 15.3. The molecular formula is C42H40Cl2F2N6O5. The first kappa shape index (κ1) is 38.9. The van der Waals surface area contributed by atoms with Crippen LogP contribution in [0.3, 0.4) is 0 Å². The molecule has 0 unspecified atom stereocenters. The summed E-state index contributed by atoms with van der Waals surface area (Å²) in [6, 6.07) is 18.7. The van der Waals surface area contributed by atoms with Crippen LogP contribution in [0.4, 0.5) is 13.6 Å². The molecule has 57 heavy (non-hydrogen) atoms. The number of alkyl halides is 2. The number of fused-ring (bicyclic) bond motifs is 1. The number of aromatic nitrogens is 1. The fourth-order valence-electron chi connectivity index (χ4n) is 8.08. The summed E-state index contributed by atoms with van der Waals surface area (Å²) in [4.78, 5) is 32.4. The minimum Gasteiger partial charge on any atom is -0.492 e. The normalized spacial score (nSPS) is 19.7. The van der Waals surface area contributed by atoms with Crippen LogP contribution in [0.25, 0.3) is 11.1 Å². The van der Waals surface area contributed by atoms with Crippen molar-refractivity contribution in [1.82, 2.24) is 25.4 Å². The van der Waals surface area contributed by atoms with Gasteiger partial charge in [-0.05, 0) is 54.2 Å². The van der Waals surface area contributed by atoms with E-state index in [1.165, 1.54) is 6.20 Å². The molecule has 1 aliphatic carbocycles. The van der Waals surface area contributed by atoms with Gasteiger partial charge in [-0.3, -0.25) is 20.0 Å². The number of nitriles is 1. The summed E-state index contributed by atoms with van der Waals surface area (Å²) in [7, 11) is 0. The maximum absolute atomic E-state index is 13.5. The summed E-state index contributed by atoms with van der Waals surface area (Å²) in [6.45, 7) is 3.09. The van der Waals surface area contributed by atoms with Gasteiger partial charge in [-0.2, -0.15) is 5.26 Å². The Morgan fingerprint density at radius 3 is 2.51 bits per heavy atom. The van der Waals surface area contributed by atoms with Crippen LogP contribution in [0.2, 0.25) is 10.0 Å². The van der Waals surface area contributed by atoms with Gasteiger partial charge in [-0.15, -0.1) is 0 Å². The van der Waals surface area contributed by atoms with Gasteiger partial charge in [-0.25, -0.2) is 13.6 Å². The summed E-state index contributed by atoms with van der Waals surface area (Å²) in [5.41, 5.74) is 4.92. The predicted molar refractivity (Wildman–Crippen MR) is 209 cm³/mol. The fraction of sp³-hybridized carbons (Fsp3) is 0.381. The van der Waals surface area contributed by atoms with Crippen molar-refractivity contribution >= 4 is 35.1 Å². The zero-order valence-corrected chi connectivity index (χ0v) is 32.5. The number of rotatable bonds is 13. The van der Waals surface area contributed by atoms with E-state index in [1.807, 2.05) is 41.3 Å². The topological polar surface area (TPSA) is 129 Å². The van der Waals surface area contributed by atoms with Crippen molar-refractivity contribution in [1.29, 1.82) is 5.26 Å². The number of likely N-dealkylation sites (tertiary alicyclic amines) is 2. The van der Waals surface area contributed by atoms with Gasteiger partial charge >= 0.3 is 6.03 Å². The van der Waals surface area contributed by atoms with Crippen molar-refractivity contribution in [2.24, 2.45) is 0 Å². The molecule has 3 fully saturated rings. The zero-order valence-electron chi connectivity index (χ0n) is 31.0. The van der Waals surface area contributed by atoms with Gasteiger partial charge in [0.2, 0.25) is 0 Å². The molecule has 11 nitrogen and oxygen atoms in total. The SMILES string of the molecule is N#Cc1cncc(COc2cc(O[C@H]3CCc4c(-c5cccc(OCCCN6CCC(F)(F)CC6)c5Cl)cccc43)c(Cl)cc2CN2CC3(C2)NC(=O)NC3=O)c1. The smallest absolute Gasteiger partial charge is 0.322 e. The number of nitrogens with zero attached hydrogens (tertiary/aromatic N) is 4. The molecule has 1 spiro atoms. The minimum absolute atomic E-state index is 0.103. The predicted octanol–water partition coefficient (Wildman–Crippen LogP) is 7.47. The first-order valence-electron chi connectivity index (χ1n) is 18.9. The van der Waals surface area contributed by atoms with E-state index in [0.717, 1.165) is 34.2 Å². The third-order valence-corrected chi connectivity index (χ3v) is 11.7. The summed E-state index contributed by atoms with van der Waals surface area (Å²) < 4.78 is 46.2. The van der Waals surface area contributed by atoms with Crippen LogP contribution >= 0.6 is 23.2 Å². The molecule has 296 valence electrons. The molecule has 3 amide bonds. The number of ether oxygens (including phenoxy) is 3. The molecule has 4 aliphatic rings. The third-order valence-electron chi connectivity index (χ3n) is 11.0. The van der Waals surface area contributed by atoms with Crippen LogP contribution in [0.5, 0.6) is 17.2 Å². The van der Waals surface area contributed by atoms with Crippen LogP contribution in [-0.4, -0.2) is 77.5 Å². The quantitative estimate of drug-likeness (QED) is 0.104. The highest BCUT2D eigenvalue weighted by molar-refractivity contribution is 6.35. The lowest BCUT2D eigenvalue weighted by molar-refractivity contribution is -0.130. The minimum atomic E-state index is -2.56. The lowest BCUT2D eigenvalue weighted by atomic mass is 9.89. The Morgan fingerprint density at radius 1 is 0.947 bits per heavy atom. The largest absolute Gasteiger partial charge is 0.492 e. The molecule has 3 aromatic carbocycles. The number of hydrogen-bond donors (Lipinski definition) is 2. The van der Waals surface area contributed by atoms with Crippen molar-refractivity contribution in [2.75, 3.05) is 39.3 Å². The second-order valence-corrected chi connectivity index (χ2v) is 15.8. The second-order valence-electron chi connectivity index (χ2n) is 15.0. The van der Waals surface area contributed by atoms with E-state index in [0.29, 0.717) is 97.1 Å². The number of pyridine rings is 1. The molecule has 3 aliphatic heterocycles. The molecule has 4 aromatic rings. The number of piperidine rings is 1. The summed E-state index contributed by atoms with van der Waals surface area (Å²) in [5.74, 6) is -1.37. The molecule has 0 saturated carbocycles. The van der Waals surface area contributed by atoms with Gasteiger partial charge in [0.1, 0.15) is 41.6 Å². The molecular weight excluding hydrogens is 777 g/mol. The van der Waals surface area contributed by atoms with E-state index in [-0.39, 0.29) is 31.5 Å². The van der Waals surface area contributed by atoms with Gasteiger partial charge in [0.05, 0.1) is 22.2 Å². The number of nitrogens with one attached hydrogen (secondary N) is 2. The Kier molecular flexibility index (Phi) is 11.0. The van der Waals surface area contributed by atoms with Crippen LogP contribution in [0.15, 0.2) is 67.0 Å². The maximum atomic E-state index is 13.5. The zero-order chi connectivity index (χ0) is 39.7. The fourth-order valence-corrected chi connectivity index (χ4v) is 8.60. The van der Waals surface area contributed by atoms with Crippen LogP contribution in [0.1, 0.15) is 59.6 Å². The van der Waals surface area contributed by atoms with Gasteiger partial charge in [0.15, 0.2) is 0 Å². The monoisotopic (exact) mass is 816 g/mol. The van der Waals surface area contributed by atoms with E-state index in [2.05, 4.69) is 26.6 Å². The average molecular weight is 818 g/mol. The lowest BCUT2D eigenvalue weighted by Gasteiger charge is -2.45. The van der Waals surface area contributed by atoms with Crippen LogP contribution in [-0.2, 0) is 24.4 Å². The number of urea groups is 1. The number of carbonyl (C=O) groups excluding carboxylic acids is 2. The van der Waals surface area contributed by atoms with E-state index >= 15 is 0 Å². The summed E-state index contributed by atoms with van der Waals surface area (Å²) >= 11 is 13.9. The summed E-state index contributed by atoms with van der Waals surface area (Å²) in [6.07, 6.45) is 4.76. The standard InChI is InChI=1S/C42H40Cl2F2N6O5/c43-33-17-28(22-52-24-41(25-52)39(53)49-40(54)50-41)36(56-23-27-16-26(19-47)20-48-21-27)18-37(33)57-34-9-8-30-29(4-1-5-31(30)34)32-6-2-7-35(38(32)44)55-15-3-12-51-13-10-42(45,46)11-14-51/h1-2,4-7,16-18,20-21,34H,3,8-15,22-25H2,(H2,49,50,53,54)/t34-/m0/s1. The molecule has 4 heterocycles. The molecule has 0 radical (unpaired) electrons. The van der Waals surface area contributed by atoms with Crippen molar-refractivity contribution in [3.8, 4) is 34.4 Å². The Hall–Kier alpha value is -5.00. The average Bonchev–Trinajstić information content (AvgIpc) is 3.73. The maximum Gasteiger partial charge on any atom is 0.322 e. The highest BCUT2D eigenvalue weighted by Crippen LogP contribution is 2.45. The van der Waals surface area contributed by atoms with E-state index in [4.69, 9.17) is 37.4 Å². The Balaban J connectivity index is 0.975. The highest BCUT2D eigenvalue weighted by Gasteiger charge is 2.54. The van der Waals surface area contributed by atoms with Gasteiger partial charge < -0.3 is 24.4 Å². The molecule has 1 atom stereocenters. The van der Waals surface area contributed by atoms with Crippen LogP contribution in [0, 0.1) is 11.3 Å². The number of halogens is 4. The Labute approximate surface area is 338 Å². The molecule has 1 aromatic heterocycles. The van der Waals surface area contributed by atoms with Crippen LogP contribution < -0.4 is 24.8 Å². The van der Waals surface area contributed by atoms with Gasteiger partial charge in [0.25, 0.3) is 11.8 Å². The van der Waals surface area contributed by atoms with E-state index < -0.39 is 17.5 Å². The van der Waals surface area contributed by atoms with E-state index in [1.54, 1.807) is 24.4 Å². The number of imide groups is 1. The second kappa shape index (κ2) is 16.1. The molecule has 2 N–H and O–H groups in total. The lowest BCUT2D eigenvalue weighted by Crippen LogP contribution is -2.70. The molecule has 3 saturated heterocycles. The number of benzene rings is 3. The Morgan fingerprint density at radius 2 is 1.74 bits per heavy atom. The first-order chi connectivity index (χ1) is 27.5. The van der Waals surface area contributed by atoms with Crippen molar-refractivity contribution in [2.45, 2.75) is 62.8 Å². The van der Waals surface area contributed by atoms with Crippen molar-refractivity contribution < 1.29 is 32.6 Å². The highest BCUT2D eigenvalue weighted by atomic mass is 35.5. The third kappa shape index (κ3) is 8.36. The first-order valence-corrected chi connectivity index (χ1v) is 19.7.